The molecule has 5 aromatic rings. The first-order chi connectivity index (χ1) is 22.9. The van der Waals surface area contributed by atoms with Gasteiger partial charge in [-0.3, -0.25) is 0 Å². The van der Waals surface area contributed by atoms with Crippen molar-refractivity contribution in [2.45, 2.75) is 68.2 Å². The van der Waals surface area contributed by atoms with E-state index in [1.807, 2.05) is 39.0 Å². The van der Waals surface area contributed by atoms with Gasteiger partial charge in [0.1, 0.15) is 0 Å². The molecule has 0 aliphatic heterocycles. The highest BCUT2D eigenvalue weighted by atomic mass is 32.1. The van der Waals surface area contributed by atoms with E-state index in [1.165, 1.54) is 70.4 Å². The van der Waals surface area contributed by atoms with E-state index < -0.39 is 0 Å². The number of nitrogens with one attached hydrogen (secondary N) is 1. The fraction of sp³-hybridized carbons (Fsp3) is 0.227. The Morgan fingerprint density at radius 2 is 1.55 bits per heavy atom. The number of hydrogen-bond acceptors (Lipinski definition) is 3. The molecule has 4 aromatic carbocycles. The number of hydrogen-bond donors (Lipinski definition) is 2. The second-order valence-electron chi connectivity index (χ2n) is 11.2. The van der Waals surface area contributed by atoms with Crippen LogP contribution in [0.3, 0.4) is 0 Å². The van der Waals surface area contributed by atoms with Gasteiger partial charge in [-0.1, -0.05) is 120 Å². The molecule has 0 bridgehead atoms. The van der Waals surface area contributed by atoms with Gasteiger partial charge in [-0.2, -0.15) is 0 Å². The molecule has 0 amide bonds. The van der Waals surface area contributed by atoms with Gasteiger partial charge in [-0.15, -0.1) is 24.0 Å². The van der Waals surface area contributed by atoms with Crippen molar-refractivity contribution in [3.05, 3.63) is 148 Å². The van der Waals surface area contributed by atoms with Gasteiger partial charge in [0.15, 0.2) is 0 Å². The lowest BCUT2D eigenvalue weighted by atomic mass is 9.90. The zero-order valence-electron chi connectivity index (χ0n) is 29.2. The van der Waals surface area contributed by atoms with E-state index in [0.717, 1.165) is 23.4 Å². The predicted octanol–water partition coefficient (Wildman–Crippen LogP) is 14.4. The molecule has 0 fully saturated rings. The van der Waals surface area contributed by atoms with E-state index in [1.54, 1.807) is 0 Å². The Hall–Kier alpha value is -4.05. The maximum Gasteiger partial charge on any atom is 0.0430 e. The van der Waals surface area contributed by atoms with Gasteiger partial charge in [0.25, 0.3) is 0 Å². The zero-order chi connectivity index (χ0) is 33.9. The summed E-state index contributed by atoms with van der Waals surface area (Å²) in [5, 5.41) is 6.34. The molecular weight excluding hydrogens is 607 g/mol. The third-order valence-corrected chi connectivity index (χ3v) is 9.82. The first-order valence-corrected chi connectivity index (χ1v) is 18.2. The summed E-state index contributed by atoms with van der Waals surface area (Å²) in [5.41, 5.74) is 12.3. The van der Waals surface area contributed by atoms with Crippen LogP contribution in [-0.2, 0) is 0 Å². The summed E-state index contributed by atoms with van der Waals surface area (Å²) in [6.45, 7) is 16.8. The van der Waals surface area contributed by atoms with Crippen LogP contribution in [0.15, 0.2) is 126 Å². The highest BCUT2D eigenvalue weighted by Gasteiger charge is 2.14. The Kier molecular flexibility index (Phi) is 13.1. The van der Waals surface area contributed by atoms with Gasteiger partial charge >= 0.3 is 0 Å². The van der Waals surface area contributed by atoms with Crippen LogP contribution in [0.4, 0.5) is 5.69 Å². The minimum Gasteiger partial charge on any atom is -0.359 e. The first-order valence-electron chi connectivity index (χ1n) is 17.0. The molecule has 0 saturated carbocycles. The molecule has 1 aliphatic rings. The Bertz CT molecular complexity index is 1980. The lowest BCUT2D eigenvalue weighted by molar-refractivity contribution is 1.10. The molecule has 1 nitrogen and oxygen atoms in total. The van der Waals surface area contributed by atoms with Gasteiger partial charge in [-0.05, 0) is 108 Å². The highest BCUT2D eigenvalue weighted by Crippen LogP contribution is 2.39. The van der Waals surface area contributed by atoms with Crippen LogP contribution in [0.25, 0.3) is 42.4 Å². The average molecular weight is 656 g/mol. The van der Waals surface area contributed by atoms with Crippen molar-refractivity contribution in [1.82, 2.24) is 0 Å². The summed E-state index contributed by atoms with van der Waals surface area (Å²) in [6.07, 6.45) is 14.9. The van der Waals surface area contributed by atoms with Gasteiger partial charge < -0.3 is 5.32 Å². The molecular formula is C44H49NS2. The number of thiophene rings is 1. The fourth-order valence-electron chi connectivity index (χ4n) is 5.84. The third kappa shape index (κ3) is 8.27. The first kappa shape index (κ1) is 35.8. The SMILES string of the molecule is CC.CC.CC/C(=C\C=C(/C)c1cccc2c1sc1ccccc12)Nc1ccc(-c2cc(C)cc(C3=CCC=CC=C3S)c2C)cc1. The smallest absolute Gasteiger partial charge is 0.0430 e. The third-order valence-electron chi connectivity index (χ3n) is 8.21. The van der Waals surface area contributed by atoms with Crippen molar-refractivity contribution in [2.75, 3.05) is 5.32 Å². The minimum absolute atomic E-state index is 0.918. The van der Waals surface area contributed by atoms with Crippen molar-refractivity contribution in [3.63, 3.8) is 0 Å². The summed E-state index contributed by atoms with van der Waals surface area (Å²) in [5.74, 6) is 0. The van der Waals surface area contributed by atoms with Crippen LogP contribution < -0.4 is 5.32 Å². The summed E-state index contributed by atoms with van der Waals surface area (Å²) in [4.78, 5) is 1.01. The van der Waals surface area contributed by atoms with Crippen LogP contribution in [0, 0.1) is 13.8 Å². The number of rotatable bonds is 7. The fourth-order valence-corrected chi connectivity index (χ4v) is 7.42. The molecule has 1 heterocycles. The van der Waals surface area contributed by atoms with E-state index >= 15 is 0 Å². The number of fused-ring (bicyclic) bond motifs is 3. The number of allylic oxidation sites excluding steroid dienone is 9. The Labute approximate surface area is 292 Å². The summed E-state index contributed by atoms with van der Waals surface area (Å²) in [6, 6.07) is 28.8. The van der Waals surface area contributed by atoms with Crippen LogP contribution in [0.1, 0.15) is 76.6 Å². The molecule has 242 valence electrons. The Morgan fingerprint density at radius 1 is 0.851 bits per heavy atom. The van der Waals surface area contributed by atoms with Gasteiger partial charge in [0, 0.05) is 36.5 Å². The van der Waals surface area contributed by atoms with E-state index in [-0.39, 0.29) is 0 Å². The molecule has 0 unspecified atom stereocenters. The summed E-state index contributed by atoms with van der Waals surface area (Å²) < 4.78 is 2.70. The van der Waals surface area contributed by atoms with Crippen LogP contribution in [0.2, 0.25) is 0 Å². The van der Waals surface area contributed by atoms with Crippen LogP contribution >= 0.6 is 24.0 Å². The summed E-state index contributed by atoms with van der Waals surface area (Å²) in [7, 11) is 0. The van der Waals surface area contributed by atoms with E-state index in [9.17, 15) is 0 Å². The highest BCUT2D eigenvalue weighted by molar-refractivity contribution is 7.85. The lowest BCUT2D eigenvalue weighted by Gasteiger charge is -2.17. The van der Waals surface area contributed by atoms with Crippen molar-refractivity contribution in [2.24, 2.45) is 0 Å². The van der Waals surface area contributed by atoms with Crippen molar-refractivity contribution in [3.8, 4) is 11.1 Å². The minimum atomic E-state index is 0.918. The standard InChI is InChI=1S/C40H37NS2.2C2H6/c1-5-30(21-18-27(3)32-14-11-15-35-34-13-9-10-17-39(34)43-40(32)35)41-31-22-19-29(20-23-31)36-24-26(2)25-37(28(36)4)33-12-7-6-8-16-38(33)42;2*1-2/h6,8-25,41-42H,5,7H2,1-4H3;2*1-2H3/b27-18+,30-21+;;. The van der Waals surface area contributed by atoms with Crippen molar-refractivity contribution >= 4 is 61.0 Å². The van der Waals surface area contributed by atoms with Crippen molar-refractivity contribution in [1.29, 1.82) is 0 Å². The van der Waals surface area contributed by atoms with Crippen LogP contribution in [0.5, 0.6) is 0 Å². The molecule has 0 spiro atoms. The molecule has 3 heteroatoms. The van der Waals surface area contributed by atoms with Gasteiger partial charge in [-0.25, -0.2) is 0 Å². The molecule has 1 aliphatic carbocycles. The molecule has 1 N–H and O–H groups in total. The number of thiol groups is 1. The molecule has 47 heavy (non-hydrogen) atoms. The quantitative estimate of drug-likeness (QED) is 0.131. The van der Waals surface area contributed by atoms with E-state index in [4.69, 9.17) is 12.6 Å². The molecule has 6 rings (SSSR count). The summed E-state index contributed by atoms with van der Waals surface area (Å²) >= 11 is 6.68. The molecule has 0 atom stereocenters. The van der Waals surface area contributed by atoms with Gasteiger partial charge in [0.2, 0.25) is 0 Å². The van der Waals surface area contributed by atoms with Gasteiger partial charge in [0.05, 0.1) is 0 Å². The number of anilines is 1. The topological polar surface area (TPSA) is 12.0 Å². The predicted molar refractivity (Wildman–Crippen MR) is 218 cm³/mol. The normalized spacial score (nSPS) is 13.2. The molecule has 0 radical (unpaired) electrons. The van der Waals surface area contributed by atoms with Crippen LogP contribution in [-0.4, -0.2) is 0 Å². The number of aryl methyl sites for hydroxylation is 1. The van der Waals surface area contributed by atoms with E-state index in [0.29, 0.717) is 0 Å². The Morgan fingerprint density at radius 3 is 2.30 bits per heavy atom. The second kappa shape index (κ2) is 17.2. The molecule has 1 aromatic heterocycles. The zero-order valence-corrected chi connectivity index (χ0v) is 31.0. The average Bonchev–Trinajstić information content (AvgIpc) is 3.36. The maximum absolute atomic E-state index is 4.80. The lowest BCUT2D eigenvalue weighted by Crippen LogP contribution is -1.98. The monoisotopic (exact) mass is 655 g/mol. The second-order valence-corrected chi connectivity index (χ2v) is 12.7. The maximum atomic E-state index is 4.80. The number of benzene rings is 4. The largest absolute Gasteiger partial charge is 0.359 e. The molecule has 0 saturated heterocycles. The Balaban J connectivity index is 0.00000120. The van der Waals surface area contributed by atoms with E-state index in [2.05, 4.69) is 148 Å². The van der Waals surface area contributed by atoms with Crippen molar-refractivity contribution < 1.29 is 0 Å².